The van der Waals surface area contributed by atoms with Gasteiger partial charge in [0.15, 0.2) is 0 Å². The molecule has 3 aromatic rings. The number of aryl methyl sites for hydroxylation is 1. The van der Waals surface area contributed by atoms with E-state index in [-0.39, 0.29) is 5.91 Å². The molecule has 0 aliphatic carbocycles. The number of nitrogens with zero attached hydrogens (tertiary/aromatic N) is 3. The minimum atomic E-state index is -0.0606. The Hall–Kier alpha value is -2.25. The number of aromatic nitrogens is 2. The normalized spacial score (nSPS) is 16.4. The zero-order chi connectivity index (χ0) is 17.2. The predicted molar refractivity (Wildman–Crippen MR) is 97.9 cm³/mol. The van der Waals surface area contributed by atoms with E-state index in [1.165, 1.54) is 9.71 Å². The van der Waals surface area contributed by atoms with Crippen molar-refractivity contribution in [1.82, 2.24) is 15.0 Å². The van der Waals surface area contributed by atoms with E-state index in [2.05, 4.69) is 33.6 Å². The molecule has 1 aliphatic rings. The summed E-state index contributed by atoms with van der Waals surface area (Å²) in [5.41, 5.74) is 1.85. The van der Waals surface area contributed by atoms with Gasteiger partial charge in [-0.25, -0.2) is 4.98 Å². The molecule has 0 spiro atoms. The van der Waals surface area contributed by atoms with Gasteiger partial charge in [0.1, 0.15) is 0 Å². The molecule has 1 saturated heterocycles. The summed E-state index contributed by atoms with van der Waals surface area (Å²) in [6, 6.07) is 10.0. The van der Waals surface area contributed by atoms with Crippen LogP contribution in [0.1, 0.15) is 29.5 Å². The lowest BCUT2D eigenvalue weighted by Crippen LogP contribution is -2.38. The van der Waals surface area contributed by atoms with Gasteiger partial charge in [0.2, 0.25) is 11.8 Å². The summed E-state index contributed by atoms with van der Waals surface area (Å²) in [5.74, 6) is 0.843. The predicted octanol–water partition coefficient (Wildman–Crippen LogP) is 3.41. The zero-order valence-corrected chi connectivity index (χ0v) is 14.9. The number of hydrogen-bond donors (Lipinski definition) is 1. The van der Waals surface area contributed by atoms with Crippen molar-refractivity contribution in [1.29, 1.82) is 0 Å². The Balaban J connectivity index is 1.31. The van der Waals surface area contributed by atoms with Crippen LogP contribution in [0.5, 0.6) is 0 Å². The van der Waals surface area contributed by atoms with Crippen LogP contribution in [0.3, 0.4) is 0 Å². The zero-order valence-electron chi connectivity index (χ0n) is 14.1. The molecule has 4 rings (SSSR count). The van der Waals surface area contributed by atoms with Crippen molar-refractivity contribution in [2.45, 2.75) is 25.7 Å². The van der Waals surface area contributed by atoms with Crippen molar-refractivity contribution < 1.29 is 9.32 Å². The van der Waals surface area contributed by atoms with Crippen LogP contribution in [0.2, 0.25) is 0 Å². The lowest BCUT2D eigenvalue weighted by molar-refractivity contribution is -0.117. The number of nitrogens with one attached hydrogen (secondary N) is 1. The molecule has 3 heterocycles. The number of anilines is 1. The Bertz CT molecular complexity index is 847. The second-order valence-corrected chi connectivity index (χ2v) is 7.51. The van der Waals surface area contributed by atoms with Gasteiger partial charge in [-0.1, -0.05) is 17.3 Å². The molecular weight excluding hydrogens is 336 g/mol. The van der Waals surface area contributed by atoms with Crippen LogP contribution in [0, 0.1) is 6.92 Å². The Morgan fingerprint density at radius 3 is 2.88 bits per heavy atom. The third-order valence-corrected chi connectivity index (χ3v) is 5.70. The number of carbonyl (C=O) groups excluding carboxylic acids is 1. The average Bonchev–Trinajstić information content (AvgIpc) is 3.21. The van der Waals surface area contributed by atoms with Gasteiger partial charge >= 0.3 is 0 Å². The van der Waals surface area contributed by atoms with Crippen LogP contribution < -0.4 is 5.32 Å². The van der Waals surface area contributed by atoms with E-state index >= 15 is 0 Å². The summed E-state index contributed by atoms with van der Waals surface area (Å²) in [4.78, 5) is 19.1. The Morgan fingerprint density at radius 1 is 1.36 bits per heavy atom. The van der Waals surface area contributed by atoms with Gasteiger partial charge in [0, 0.05) is 12.0 Å². The molecule has 1 aliphatic heterocycles. The van der Waals surface area contributed by atoms with Crippen molar-refractivity contribution in [2.24, 2.45) is 0 Å². The number of para-hydroxylation sites is 1. The number of hydrogen-bond acceptors (Lipinski definition) is 6. The number of benzene rings is 1. The molecule has 130 valence electrons. The van der Waals surface area contributed by atoms with E-state index in [9.17, 15) is 4.79 Å². The summed E-state index contributed by atoms with van der Waals surface area (Å²) in [7, 11) is 0. The average molecular weight is 356 g/mol. The van der Waals surface area contributed by atoms with Crippen LogP contribution in [0.25, 0.3) is 10.2 Å². The van der Waals surface area contributed by atoms with Crippen molar-refractivity contribution in [2.75, 3.05) is 25.0 Å². The van der Waals surface area contributed by atoms with Gasteiger partial charge in [-0.3, -0.25) is 15.0 Å². The van der Waals surface area contributed by atoms with E-state index < -0.39 is 0 Å². The number of likely N-dealkylation sites (tertiary alicyclic amines) is 1. The van der Waals surface area contributed by atoms with Gasteiger partial charge < -0.3 is 4.52 Å². The first-order chi connectivity index (χ1) is 12.2. The number of rotatable bonds is 4. The smallest absolute Gasteiger partial charge is 0.240 e. The van der Waals surface area contributed by atoms with E-state index in [1.807, 2.05) is 13.0 Å². The van der Waals surface area contributed by atoms with Gasteiger partial charge in [0.05, 0.1) is 27.5 Å². The third kappa shape index (κ3) is 3.72. The molecule has 0 atom stereocenters. The van der Waals surface area contributed by atoms with E-state index in [4.69, 9.17) is 9.51 Å². The number of fused-ring (bicyclic) bond motifs is 1. The van der Waals surface area contributed by atoms with Crippen molar-refractivity contribution in [3.05, 3.63) is 41.0 Å². The third-order valence-electron chi connectivity index (χ3n) is 4.51. The minimum absolute atomic E-state index is 0.0606. The van der Waals surface area contributed by atoms with Gasteiger partial charge in [-0.05, 0) is 45.0 Å². The quantitative estimate of drug-likeness (QED) is 0.776. The van der Waals surface area contributed by atoms with Gasteiger partial charge in [-0.15, -0.1) is 11.3 Å². The Labute approximate surface area is 149 Å². The molecule has 1 amide bonds. The first-order valence-corrected chi connectivity index (χ1v) is 9.30. The molecule has 0 bridgehead atoms. The van der Waals surface area contributed by atoms with E-state index in [0.717, 1.165) is 37.1 Å². The highest BCUT2D eigenvalue weighted by molar-refractivity contribution is 7.18. The highest BCUT2D eigenvalue weighted by Gasteiger charge is 2.24. The van der Waals surface area contributed by atoms with Crippen LogP contribution in [0.15, 0.2) is 34.9 Å². The van der Waals surface area contributed by atoms with Gasteiger partial charge in [-0.2, -0.15) is 0 Å². The monoisotopic (exact) mass is 356 g/mol. The summed E-state index contributed by atoms with van der Waals surface area (Å²) in [6.07, 6.45) is 2.07. The molecular formula is C18H20N4O2S. The van der Waals surface area contributed by atoms with Crippen LogP contribution in [-0.2, 0) is 4.79 Å². The summed E-state index contributed by atoms with van der Waals surface area (Å²) < 4.78 is 6.27. The molecule has 0 unspecified atom stereocenters. The summed E-state index contributed by atoms with van der Waals surface area (Å²) >= 11 is 1.79. The van der Waals surface area contributed by atoms with E-state index in [0.29, 0.717) is 18.3 Å². The largest absolute Gasteiger partial charge is 0.338 e. The summed E-state index contributed by atoms with van der Waals surface area (Å²) in [5, 5.41) is 7.74. The summed E-state index contributed by atoms with van der Waals surface area (Å²) in [6.45, 7) is 4.02. The molecule has 25 heavy (non-hydrogen) atoms. The van der Waals surface area contributed by atoms with Gasteiger partial charge in [0.25, 0.3) is 0 Å². The molecule has 1 aromatic carbocycles. The number of carbonyl (C=O) groups is 1. The minimum Gasteiger partial charge on any atom is -0.338 e. The molecule has 2 aromatic heterocycles. The fourth-order valence-corrected chi connectivity index (χ4v) is 4.34. The second-order valence-electron chi connectivity index (χ2n) is 6.45. The maximum Gasteiger partial charge on any atom is 0.240 e. The van der Waals surface area contributed by atoms with Crippen LogP contribution in [0.4, 0.5) is 5.88 Å². The number of piperidine rings is 1. The molecule has 0 saturated carbocycles. The first-order valence-electron chi connectivity index (χ1n) is 8.48. The van der Waals surface area contributed by atoms with Crippen LogP contribution >= 0.6 is 11.3 Å². The molecule has 7 heteroatoms. The molecule has 1 fully saturated rings. The van der Waals surface area contributed by atoms with Crippen molar-refractivity contribution >= 4 is 33.3 Å². The maximum atomic E-state index is 12.1. The number of thiazole rings is 1. The van der Waals surface area contributed by atoms with Crippen LogP contribution in [-0.4, -0.2) is 40.6 Å². The molecule has 6 nitrogen and oxygen atoms in total. The van der Waals surface area contributed by atoms with Crippen molar-refractivity contribution in [3.8, 4) is 0 Å². The first kappa shape index (κ1) is 16.2. The second kappa shape index (κ2) is 6.93. The Kier molecular flexibility index (Phi) is 4.50. The molecule has 0 radical (unpaired) electrons. The SMILES string of the molecule is Cc1cc(NC(=O)CN2CCC(c3nc4ccccc4s3)CC2)on1. The highest BCUT2D eigenvalue weighted by atomic mass is 32.1. The standard InChI is InChI=1S/C18H20N4O2S/c1-12-10-17(24-21-12)20-16(23)11-22-8-6-13(7-9-22)18-19-14-4-2-3-5-15(14)25-18/h2-5,10,13H,6-9,11H2,1H3,(H,20,23). The topological polar surface area (TPSA) is 71.3 Å². The Morgan fingerprint density at radius 2 is 2.16 bits per heavy atom. The number of amides is 1. The fraction of sp³-hybridized carbons (Fsp3) is 0.389. The highest BCUT2D eigenvalue weighted by Crippen LogP contribution is 2.33. The van der Waals surface area contributed by atoms with E-state index in [1.54, 1.807) is 17.4 Å². The lowest BCUT2D eigenvalue weighted by atomic mass is 9.97. The fourth-order valence-electron chi connectivity index (χ4n) is 3.21. The van der Waals surface area contributed by atoms with Crippen molar-refractivity contribution in [3.63, 3.8) is 0 Å². The lowest BCUT2D eigenvalue weighted by Gasteiger charge is -2.30. The molecule has 1 N–H and O–H groups in total. The maximum absolute atomic E-state index is 12.1.